The fourth-order valence-electron chi connectivity index (χ4n) is 2.41. The molecule has 2 unspecified atom stereocenters. The normalized spacial score (nSPS) is 24.8. The second kappa shape index (κ2) is 4.53. The fraction of sp³-hybridized carbons (Fsp3) is 0.571. The Kier molecular flexibility index (Phi) is 2.98. The summed E-state index contributed by atoms with van der Waals surface area (Å²) in [4.78, 5) is 12.7. The van der Waals surface area contributed by atoms with Gasteiger partial charge in [0.1, 0.15) is 16.6 Å². The predicted molar refractivity (Wildman–Crippen MR) is 76.3 cm³/mol. The van der Waals surface area contributed by atoms with E-state index in [1.165, 1.54) is 11.3 Å². The minimum absolute atomic E-state index is 0.120. The number of hydrogen-bond acceptors (Lipinski definition) is 5. The van der Waals surface area contributed by atoms with Crippen molar-refractivity contribution in [3.8, 4) is 6.07 Å². The molecular formula is C14H17N3OS. The van der Waals surface area contributed by atoms with Crippen LogP contribution in [0.3, 0.4) is 0 Å². The van der Waals surface area contributed by atoms with Crippen molar-refractivity contribution in [1.29, 1.82) is 5.26 Å². The number of anilines is 2. The van der Waals surface area contributed by atoms with Gasteiger partial charge in [0.25, 0.3) is 0 Å². The van der Waals surface area contributed by atoms with Crippen molar-refractivity contribution in [2.45, 2.75) is 38.6 Å². The molecule has 2 aliphatic carbocycles. The molecule has 100 valence electrons. The van der Waals surface area contributed by atoms with Crippen molar-refractivity contribution in [3.63, 3.8) is 0 Å². The Balaban J connectivity index is 1.85. The van der Waals surface area contributed by atoms with E-state index in [9.17, 15) is 10.1 Å². The Bertz CT molecular complexity index is 568. The van der Waals surface area contributed by atoms with E-state index in [1.807, 2.05) is 0 Å². The average molecular weight is 275 g/mol. The Labute approximate surface area is 116 Å². The molecule has 2 atom stereocenters. The molecule has 0 aliphatic heterocycles. The second-order valence-electron chi connectivity index (χ2n) is 5.45. The van der Waals surface area contributed by atoms with Crippen LogP contribution in [0.5, 0.6) is 0 Å². The number of ketones is 1. The van der Waals surface area contributed by atoms with E-state index in [0.29, 0.717) is 28.1 Å². The number of nitrogens with zero attached hydrogens (tertiary/aromatic N) is 1. The van der Waals surface area contributed by atoms with Crippen molar-refractivity contribution in [1.82, 2.24) is 0 Å². The van der Waals surface area contributed by atoms with Gasteiger partial charge in [0.15, 0.2) is 5.78 Å². The molecule has 3 N–H and O–H groups in total. The van der Waals surface area contributed by atoms with Gasteiger partial charge in [0.05, 0.1) is 10.6 Å². The van der Waals surface area contributed by atoms with E-state index in [0.717, 1.165) is 30.7 Å². The second-order valence-corrected chi connectivity index (χ2v) is 6.47. The molecule has 1 aromatic rings. The number of carbonyl (C=O) groups excluding carboxylic acids is 1. The lowest BCUT2D eigenvalue weighted by molar-refractivity contribution is 0.0972. The van der Waals surface area contributed by atoms with E-state index < -0.39 is 0 Å². The van der Waals surface area contributed by atoms with Crippen LogP contribution in [-0.2, 0) is 0 Å². The molecule has 0 aromatic carbocycles. The lowest BCUT2D eigenvalue weighted by atomic mass is 10.1. The number of carbonyl (C=O) groups is 1. The molecule has 0 radical (unpaired) electrons. The number of hydrogen-bond donors (Lipinski definition) is 2. The lowest BCUT2D eigenvalue weighted by Gasteiger charge is -2.02. The fourth-order valence-corrected chi connectivity index (χ4v) is 3.57. The highest BCUT2D eigenvalue weighted by Crippen LogP contribution is 2.44. The average Bonchev–Trinajstić information content (AvgIpc) is 3.28. The van der Waals surface area contributed by atoms with Crippen LogP contribution >= 0.6 is 11.3 Å². The number of nitrogens with one attached hydrogen (secondary N) is 1. The third-order valence-electron chi connectivity index (χ3n) is 3.99. The van der Waals surface area contributed by atoms with Crippen LogP contribution in [0.2, 0.25) is 0 Å². The van der Waals surface area contributed by atoms with Crippen LogP contribution in [0, 0.1) is 23.2 Å². The quantitative estimate of drug-likeness (QED) is 0.810. The van der Waals surface area contributed by atoms with Gasteiger partial charge in [-0.05, 0) is 25.2 Å². The smallest absolute Gasteiger partial charge is 0.178 e. The summed E-state index contributed by atoms with van der Waals surface area (Å²) in [6.07, 6.45) is 4.21. The number of thiophene rings is 1. The van der Waals surface area contributed by atoms with Gasteiger partial charge in [-0.15, -0.1) is 11.3 Å². The number of Topliss-reactive ketones (excluding diaryl/α,β-unsaturated/α-hetero) is 1. The lowest BCUT2D eigenvalue weighted by Crippen LogP contribution is -2.04. The van der Waals surface area contributed by atoms with Gasteiger partial charge in [-0.2, -0.15) is 5.26 Å². The van der Waals surface area contributed by atoms with Gasteiger partial charge in [0.2, 0.25) is 0 Å². The summed E-state index contributed by atoms with van der Waals surface area (Å²) in [6, 6.07) is 2.58. The van der Waals surface area contributed by atoms with Gasteiger partial charge in [-0.3, -0.25) is 4.79 Å². The first-order valence-electron chi connectivity index (χ1n) is 6.78. The zero-order valence-corrected chi connectivity index (χ0v) is 11.7. The van der Waals surface area contributed by atoms with E-state index in [-0.39, 0.29) is 11.7 Å². The molecule has 2 aliphatic rings. The van der Waals surface area contributed by atoms with Crippen LogP contribution < -0.4 is 11.1 Å². The number of nitrogens with two attached hydrogens (primary N) is 1. The van der Waals surface area contributed by atoms with Gasteiger partial charge in [0, 0.05) is 12.0 Å². The molecule has 0 saturated heterocycles. The first kappa shape index (κ1) is 12.5. The summed E-state index contributed by atoms with van der Waals surface area (Å²) in [7, 11) is 0. The van der Waals surface area contributed by atoms with Crippen molar-refractivity contribution in [3.05, 3.63) is 10.4 Å². The van der Waals surface area contributed by atoms with Crippen LogP contribution in [0.25, 0.3) is 0 Å². The molecule has 3 rings (SSSR count). The van der Waals surface area contributed by atoms with Crippen LogP contribution in [-0.4, -0.2) is 11.8 Å². The predicted octanol–water partition coefficient (Wildman–Crippen LogP) is 3.01. The van der Waals surface area contributed by atoms with Gasteiger partial charge in [-0.25, -0.2) is 0 Å². The molecule has 0 spiro atoms. The first-order chi connectivity index (χ1) is 9.15. The van der Waals surface area contributed by atoms with Crippen LogP contribution in [0.15, 0.2) is 0 Å². The minimum Gasteiger partial charge on any atom is -0.396 e. The third-order valence-corrected chi connectivity index (χ3v) is 5.14. The highest BCUT2D eigenvalue weighted by atomic mass is 32.1. The first-order valence-corrected chi connectivity index (χ1v) is 7.60. The van der Waals surface area contributed by atoms with Gasteiger partial charge in [-0.1, -0.05) is 13.3 Å². The Morgan fingerprint density at radius 2 is 2.32 bits per heavy atom. The standard InChI is InChI=1S/C14H17N3OS/c1-2-7-5-10(7)17-14-9(6-15)11(16)13(19-14)12(18)8-3-4-8/h7-8,10,17H,2-5,16H2,1H3. The summed E-state index contributed by atoms with van der Waals surface area (Å²) in [5, 5.41) is 13.4. The summed E-state index contributed by atoms with van der Waals surface area (Å²) in [5.41, 5.74) is 6.80. The highest BCUT2D eigenvalue weighted by molar-refractivity contribution is 7.19. The van der Waals surface area contributed by atoms with Crippen LogP contribution in [0.1, 0.15) is 47.8 Å². The molecule has 0 bridgehead atoms. The molecular weight excluding hydrogens is 258 g/mol. The third kappa shape index (κ3) is 2.21. The number of rotatable bonds is 5. The molecule has 1 heterocycles. The minimum atomic E-state index is 0.120. The highest BCUT2D eigenvalue weighted by Gasteiger charge is 2.38. The SMILES string of the molecule is CCC1CC1Nc1sc(C(=O)C2CC2)c(N)c1C#N. The summed E-state index contributed by atoms with van der Waals surface area (Å²) in [5.74, 6) is 0.956. The maximum atomic E-state index is 12.1. The van der Waals surface area contributed by atoms with Gasteiger partial charge < -0.3 is 11.1 Å². The molecule has 0 amide bonds. The maximum Gasteiger partial charge on any atom is 0.178 e. The van der Waals surface area contributed by atoms with E-state index in [4.69, 9.17) is 5.73 Å². The Hall–Kier alpha value is -1.54. The molecule has 1 aromatic heterocycles. The summed E-state index contributed by atoms with van der Waals surface area (Å²) >= 11 is 1.36. The Morgan fingerprint density at radius 1 is 1.58 bits per heavy atom. The van der Waals surface area contributed by atoms with Crippen molar-refractivity contribution in [2.75, 3.05) is 11.1 Å². The van der Waals surface area contributed by atoms with Crippen molar-refractivity contribution < 1.29 is 4.79 Å². The molecule has 5 heteroatoms. The number of nitriles is 1. The summed E-state index contributed by atoms with van der Waals surface area (Å²) in [6.45, 7) is 2.17. The topological polar surface area (TPSA) is 78.9 Å². The molecule has 19 heavy (non-hydrogen) atoms. The molecule has 2 fully saturated rings. The van der Waals surface area contributed by atoms with Crippen LogP contribution in [0.4, 0.5) is 10.7 Å². The van der Waals surface area contributed by atoms with E-state index in [1.54, 1.807) is 0 Å². The maximum absolute atomic E-state index is 12.1. The molecule has 4 nitrogen and oxygen atoms in total. The van der Waals surface area contributed by atoms with E-state index >= 15 is 0 Å². The largest absolute Gasteiger partial charge is 0.396 e. The zero-order valence-electron chi connectivity index (χ0n) is 10.9. The van der Waals surface area contributed by atoms with Crippen molar-refractivity contribution in [2.24, 2.45) is 11.8 Å². The van der Waals surface area contributed by atoms with E-state index in [2.05, 4.69) is 18.3 Å². The van der Waals surface area contributed by atoms with Crippen molar-refractivity contribution >= 4 is 27.8 Å². The Morgan fingerprint density at radius 3 is 2.84 bits per heavy atom. The molecule has 2 saturated carbocycles. The zero-order chi connectivity index (χ0) is 13.6. The number of nitrogen functional groups attached to an aromatic ring is 1. The monoisotopic (exact) mass is 275 g/mol. The summed E-state index contributed by atoms with van der Waals surface area (Å²) < 4.78 is 0. The van der Waals surface area contributed by atoms with Gasteiger partial charge >= 0.3 is 0 Å².